The van der Waals surface area contributed by atoms with Crippen LogP contribution >= 0.6 is 0 Å². The van der Waals surface area contributed by atoms with Crippen LogP contribution in [-0.2, 0) is 9.53 Å². The Morgan fingerprint density at radius 3 is 2.38 bits per heavy atom. The fraction of sp³-hybridized carbons (Fsp3) is 0.786. The van der Waals surface area contributed by atoms with Gasteiger partial charge in [-0.1, -0.05) is 27.4 Å². The van der Waals surface area contributed by atoms with Gasteiger partial charge in [0.1, 0.15) is 5.60 Å². The standard InChI is InChI=1S/C14H22O2/c1-6-11(15)16-14(5)9-10-7-8-13(14,4)12(10,2)3/h6,10H,1,7-9H2,2-5H3. The first-order chi connectivity index (χ1) is 7.27. The van der Waals surface area contributed by atoms with Crippen molar-refractivity contribution < 1.29 is 9.53 Å². The Balaban J connectivity index is 2.32. The number of fused-ring (bicyclic) bond motifs is 2. The zero-order chi connectivity index (χ0) is 12.2. The lowest BCUT2D eigenvalue weighted by molar-refractivity contribution is -0.169. The topological polar surface area (TPSA) is 26.3 Å². The van der Waals surface area contributed by atoms with Crippen molar-refractivity contribution in [3.8, 4) is 0 Å². The fourth-order valence-corrected chi connectivity index (χ4v) is 4.01. The highest BCUT2D eigenvalue weighted by molar-refractivity contribution is 5.81. The summed E-state index contributed by atoms with van der Waals surface area (Å²) in [5.74, 6) is 0.396. The normalized spacial score (nSPS) is 44.4. The Kier molecular flexibility index (Phi) is 2.28. The lowest BCUT2D eigenvalue weighted by Crippen LogP contribution is -2.47. The Hall–Kier alpha value is -0.790. The maximum atomic E-state index is 11.5. The first-order valence-corrected chi connectivity index (χ1v) is 6.12. The summed E-state index contributed by atoms with van der Waals surface area (Å²) in [6.07, 6.45) is 4.69. The average Bonchev–Trinajstić information content (AvgIpc) is 2.49. The molecular formula is C14H22O2. The van der Waals surface area contributed by atoms with Crippen molar-refractivity contribution in [2.75, 3.05) is 0 Å². The molecule has 2 heteroatoms. The molecule has 2 nitrogen and oxygen atoms in total. The first-order valence-electron chi connectivity index (χ1n) is 6.12. The van der Waals surface area contributed by atoms with E-state index in [2.05, 4.69) is 34.3 Å². The summed E-state index contributed by atoms with van der Waals surface area (Å²) >= 11 is 0. The lowest BCUT2D eigenvalue weighted by Gasteiger charge is -2.45. The molecule has 3 unspecified atom stereocenters. The van der Waals surface area contributed by atoms with E-state index >= 15 is 0 Å². The minimum atomic E-state index is -0.315. The van der Waals surface area contributed by atoms with Gasteiger partial charge in [-0.05, 0) is 37.5 Å². The van der Waals surface area contributed by atoms with E-state index < -0.39 is 0 Å². The summed E-state index contributed by atoms with van der Waals surface area (Å²) in [5, 5.41) is 0. The molecule has 2 saturated carbocycles. The molecule has 2 aliphatic carbocycles. The molecule has 0 heterocycles. The molecular weight excluding hydrogens is 200 g/mol. The molecule has 2 bridgehead atoms. The lowest BCUT2D eigenvalue weighted by atomic mass is 9.65. The van der Waals surface area contributed by atoms with Gasteiger partial charge in [0.15, 0.2) is 0 Å². The fourth-order valence-electron chi connectivity index (χ4n) is 4.01. The third-order valence-corrected chi connectivity index (χ3v) is 5.73. The van der Waals surface area contributed by atoms with Gasteiger partial charge in [-0.3, -0.25) is 0 Å². The third-order valence-electron chi connectivity index (χ3n) is 5.73. The first kappa shape index (κ1) is 11.7. The predicted molar refractivity (Wildman–Crippen MR) is 63.9 cm³/mol. The second-order valence-electron chi connectivity index (χ2n) is 6.35. The maximum absolute atomic E-state index is 11.5. The number of ether oxygens (including phenoxy) is 1. The van der Waals surface area contributed by atoms with Crippen molar-refractivity contribution in [1.82, 2.24) is 0 Å². The van der Waals surface area contributed by atoms with E-state index in [0.717, 1.165) is 12.8 Å². The Morgan fingerprint density at radius 1 is 1.38 bits per heavy atom. The van der Waals surface area contributed by atoms with Crippen LogP contribution in [0.1, 0.15) is 47.0 Å². The van der Waals surface area contributed by atoms with Crippen LogP contribution in [0.5, 0.6) is 0 Å². The van der Waals surface area contributed by atoms with E-state index in [1.807, 2.05) is 0 Å². The van der Waals surface area contributed by atoms with E-state index in [4.69, 9.17) is 4.74 Å². The van der Waals surface area contributed by atoms with Crippen LogP contribution < -0.4 is 0 Å². The minimum Gasteiger partial charge on any atom is -0.456 e. The summed E-state index contributed by atoms with van der Waals surface area (Å²) in [4.78, 5) is 11.5. The van der Waals surface area contributed by atoms with Crippen LogP contribution in [0.4, 0.5) is 0 Å². The van der Waals surface area contributed by atoms with E-state index in [9.17, 15) is 4.79 Å². The van der Waals surface area contributed by atoms with Gasteiger partial charge in [0, 0.05) is 11.5 Å². The van der Waals surface area contributed by atoms with Gasteiger partial charge in [-0.15, -0.1) is 0 Å². The molecule has 0 aliphatic heterocycles. The van der Waals surface area contributed by atoms with Crippen molar-refractivity contribution in [2.24, 2.45) is 16.7 Å². The van der Waals surface area contributed by atoms with Gasteiger partial charge in [0.2, 0.25) is 0 Å². The molecule has 0 saturated heterocycles. The highest BCUT2D eigenvalue weighted by Gasteiger charge is 2.68. The SMILES string of the molecule is C=CC(=O)OC1(C)CC2CCC1(C)C2(C)C. The number of hydrogen-bond acceptors (Lipinski definition) is 2. The largest absolute Gasteiger partial charge is 0.456 e. The molecule has 3 atom stereocenters. The van der Waals surface area contributed by atoms with Gasteiger partial charge in [0.25, 0.3) is 0 Å². The molecule has 0 aromatic carbocycles. The van der Waals surface area contributed by atoms with E-state index in [-0.39, 0.29) is 22.4 Å². The second-order valence-corrected chi connectivity index (χ2v) is 6.35. The Bertz CT molecular complexity index is 345. The van der Waals surface area contributed by atoms with Crippen LogP contribution in [0.25, 0.3) is 0 Å². The minimum absolute atomic E-state index is 0.101. The van der Waals surface area contributed by atoms with Gasteiger partial charge in [-0.25, -0.2) is 4.79 Å². The van der Waals surface area contributed by atoms with Crippen molar-refractivity contribution in [2.45, 2.75) is 52.6 Å². The average molecular weight is 222 g/mol. The Labute approximate surface area is 98.1 Å². The zero-order valence-corrected chi connectivity index (χ0v) is 10.8. The number of esters is 1. The molecule has 0 N–H and O–H groups in total. The van der Waals surface area contributed by atoms with Crippen LogP contribution in [0.15, 0.2) is 12.7 Å². The molecule has 2 aliphatic rings. The van der Waals surface area contributed by atoms with Crippen LogP contribution in [0, 0.1) is 16.7 Å². The summed E-state index contributed by atoms with van der Waals surface area (Å²) < 4.78 is 5.66. The van der Waals surface area contributed by atoms with Gasteiger partial charge >= 0.3 is 5.97 Å². The molecule has 2 rings (SSSR count). The van der Waals surface area contributed by atoms with Crippen molar-refractivity contribution in [3.05, 3.63) is 12.7 Å². The van der Waals surface area contributed by atoms with Gasteiger partial charge < -0.3 is 4.74 Å². The predicted octanol–water partition coefficient (Wildman–Crippen LogP) is 3.32. The molecule has 0 aromatic rings. The molecule has 0 spiro atoms. The monoisotopic (exact) mass is 222 g/mol. The summed E-state index contributed by atoms with van der Waals surface area (Å²) in [7, 11) is 0. The van der Waals surface area contributed by atoms with E-state index in [1.165, 1.54) is 12.5 Å². The number of rotatable bonds is 2. The van der Waals surface area contributed by atoms with Crippen LogP contribution in [0.3, 0.4) is 0 Å². The number of hydrogen-bond donors (Lipinski definition) is 0. The van der Waals surface area contributed by atoms with Gasteiger partial charge in [-0.2, -0.15) is 0 Å². The second kappa shape index (κ2) is 3.12. The van der Waals surface area contributed by atoms with Crippen molar-refractivity contribution in [1.29, 1.82) is 0 Å². The third kappa shape index (κ3) is 1.16. The molecule has 16 heavy (non-hydrogen) atoms. The maximum Gasteiger partial charge on any atom is 0.330 e. The molecule has 0 radical (unpaired) electrons. The molecule has 2 fully saturated rings. The Morgan fingerprint density at radius 2 is 2.00 bits per heavy atom. The number of carbonyl (C=O) groups excluding carboxylic acids is 1. The van der Waals surface area contributed by atoms with E-state index in [0.29, 0.717) is 5.92 Å². The summed E-state index contributed by atoms with van der Waals surface area (Å²) in [5.41, 5.74) is 0.0528. The van der Waals surface area contributed by atoms with E-state index in [1.54, 1.807) is 0 Å². The van der Waals surface area contributed by atoms with Gasteiger partial charge in [0.05, 0.1) is 0 Å². The molecule has 0 aromatic heterocycles. The smallest absolute Gasteiger partial charge is 0.330 e. The highest BCUT2D eigenvalue weighted by Crippen LogP contribution is 2.70. The molecule has 90 valence electrons. The quantitative estimate of drug-likeness (QED) is 0.529. The molecule has 0 amide bonds. The van der Waals surface area contributed by atoms with Crippen LogP contribution in [-0.4, -0.2) is 11.6 Å². The number of carbonyl (C=O) groups is 1. The van der Waals surface area contributed by atoms with Crippen LogP contribution in [0.2, 0.25) is 0 Å². The summed E-state index contributed by atoms with van der Waals surface area (Å²) in [6.45, 7) is 12.5. The highest BCUT2D eigenvalue weighted by atomic mass is 16.6. The summed E-state index contributed by atoms with van der Waals surface area (Å²) in [6, 6.07) is 0. The van der Waals surface area contributed by atoms with Crippen molar-refractivity contribution in [3.63, 3.8) is 0 Å². The zero-order valence-electron chi connectivity index (χ0n) is 10.8. The van der Waals surface area contributed by atoms with Crippen molar-refractivity contribution >= 4 is 5.97 Å².